The van der Waals surface area contributed by atoms with Crippen LogP contribution in [0, 0.1) is 0 Å². The molecule has 3 N–H and O–H groups in total. The summed E-state index contributed by atoms with van der Waals surface area (Å²) in [5.74, 6) is 0.105. The number of nitrogens with zero attached hydrogens (tertiary/aromatic N) is 4. The second kappa shape index (κ2) is 11.8. The van der Waals surface area contributed by atoms with Gasteiger partial charge >= 0.3 is 6.09 Å². The summed E-state index contributed by atoms with van der Waals surface area (Å²) < 4.78 is 13.2. The van der Waals surface area contributed by atoms with Crippen LogP contribution in [0.4, 0.5) is 4.79 Å². The number of fused-ring (bicyclic) bond motifs is 1. The summed E-state index contributed by atoms with van der Waals surface area (Å²) in [5.41, 5.74) is 7.16. The van der Waals surface area contributed by atoms with Gasteiger partial charge in [0.25, 0.3) is 0 Å². The third-order valence-electron chi connectivity index (χ3n) is 5.50. The highest BCUT2D eigenvalue weighted by Crippen LogP contribution is 2.19. The van der Waals surface area contributed by atoms with Crippen molar-refractivity contribution in [2.24, 2.45) is 5.73 Å². The van der Waals surface area contributed by atoms with E-state index in [0.717, 1.165) is 5.56 Å². The molecular weight excluding hydrogens is 448 g/mol. The number of hydrogen-bond acceptors (Lipinski definition) is 7. The molecule has 3 rings (SSSR count). The van der Waals surface area contributed by atoms with Gasteiger partial charge in [-0.3, -0.25) is 9.20 Å². The van der Waals surface area contributed by atoms with E-state index in [2.05, 4.69) is 15.5 Å². The molecule has 3 aromatic rings. The molecule has 1 aromatic carbocycles. The molecule has 0 bridgehead atoms. The number of ether oxygens (including phenoxy) is 2. The van der Waals surface area contributed by atoms with Crippen LogP contribution in [0.2, 0.25) is 0 Å². The van der Waals surface area contributed by atoms with Crippen molar-refractivity contribution in [1.82, 2.24) is 24.8 Å². The van der Waals surface area contributed by atoms with E-state index < -0.39 is 17.7 Å². The quantitative estimate of drug-likeness (QED) is 0.431. The molecular formula is C25H34N6O4. The maximum absolute atomic E-state index is 12.8. The SMILES string of the molecule is CCN(CC)C(=O)OCc1cccc2nnc([C@@H](COCc3ccccc3)NC(=O)C(C)(C)N)n12. The molecule has 0 saturated carbocycles. The second-order valence-corrected chi connectivity index (χ2v) is 8.74. The van der Waals surface area contributed by atoms with Crippen molar-refractivity contribution in [1.29, 1.82) is 0 Å². The van der Waals surface area contributed by atoms with Gasteiger partial charge in [-0.15, -0.1) is 10.2 Å². The van der Waals surface area contributed by atoms with Crippen LogP contribution in [0.1, 0.15) is 50.8 Å². The van der Waals surface area contributed by atoms with E-state index in [1.54, 1.807) is 29.2 Å². The van der Waals surface area contributed by atoms with Gasteiger partial charge in [-0.05, 0) is 45.4 Å². The number of carbonyl (C=O) groups is 2. The van der Waals surface area contributed by atoms with Gasteiger partial charge in [0.15, 0.2) is 11.5 Å². The Morgan fingerprint density at radius 1 is 1.06 bits per heavy atom. The third kappa shape index (κ3) is 6.77. The fraction of sp³-hybridized carbons (Fsp3) is 0.440. The fourth-order valence-corrected chi connectivity index (χ4v) is 3.47. The standard InChI is InChI=1S/C25H34N6O4/c1-5-30(6-2)24(33)35-16-19-13-10-14-21-28-29-22(31(19)21)20(27-23(32)25(3,4)26)17-34-15-18-11-8-7-9-12-18/h7-14,20H,5-6,15-17,26H2,1-4H3,(H,27,32)/t20-/m1/s1. The minimum atomic E-state index is -1.10. The minimum Gasteiger partial charge on any atom is -0.443 e. The lowest BCUT2D eigenvalue weighted by atomic mass is 10.1. The van der Waals surface area contributed by atoms with Crippen molar-refractivity contribution in [2.45, 2.75) is 52.5 Å². The number of amides is 2. The molecule has 10 heteroatoms. The first-order valence-corrected chi connectivity index (χ1v) is 11.7. The lowest BCUT2D eigenvalue weighted by Gasteiger charge is -2.24. The Balaban J connectivity index is 1.87. The number of benzene rings is 1. The predicted molar refractivity (Wildman–Crippen MR) is 131 cm³/mol. The highest BCUT2D eigenvalue weighted by atomic mass is 16.6. The number of nitrogens with two attached hydrogens (primary N) is 1. The summed E-state index contributed by atoms with van der Waals surface area (Å²) in [7, 11) is 0. The number of nitrogens with one attached hydrogen (secondary N) is 1. The number of hydrogen-bond donors (Lipinski definition) is 2. The topological polar surface area (TPSA) is 124 Å². The number of pyridine rings is 1. The van der Waals surface area contributed by atoms with Crippen LogP contribution in [0.25, 0.3) is 5.65 Å². The molecule has 0 spiro atoms. The summed E-state index contributed by atoms with van der Waals surface area (Å²) >= 11 is 0. The van der Waals surface area contributed by atoms with E-state index >= 15 is 0 Å². The molecule has 0 saturated heterocycles. The first-order valence-electron chi connectivity index (χ1n) is 11.7. The van der Waals surface area contributed by atoms with E-state index in [0.29, 0.717) is 36.9 Å². The molecule has 0 radical (unpaired) electrons. The van der Waals surface area contributed by atoms with Gasteiger partial charge in [-0.1, -0.05) is 36.4 Å². The molecule has 1 atom stereocenters. The minimum absolute atomic E-state index is 0.0195. The molecule has 0 aliphatic heterocycles. The molecule has 2 heterocycles. The summed E-state index contributed by atoms with van der Waals surface area (Å²) in [4.78, 5) is 26.7. The smallest absolute Gasteiger partial charge is 0.410 e. The molecule has 188 valence electrons. The Labute approximate surface area is 205 Å². The lowest BCUT2D eigenvalue weighted by molar-refractivity contribution is -0.126. The van der Waals surface area contributed by atoms with Crippen molar-refractivity contribution in [3.8, 4) is 0 Å². The zero-order valence-electron chi connectivity index (χ0n) is 20.7. The van der Waals surface area contributed by atoms with Crippen molar-refractivity contribution in [3.05, 3.63) is 65.6 Å². The Morgan fingerprint density at radius 3 is 2.43 bits per heavy atom. The van der Waals surface area contributed by atoms with Crippen molar-refractivity contribution >= 4 is 17.6 Å². The van der Waals surface area contributed by atoms with Gasteiger partial charge in [-0.2, -0.15) is 0 Å². The molecule has 35 heavy (non-hydrogen) atoms. The van der Waals surface area contributed by atoms with Crippen LogP contribution in [0.15, 0.2) is 48.5 Å². The zero-order chi connectivity index (χ0) is 25.4. The summed E-state index contributed by atoms with van der Waals surface area (Å²) in [6.45, 7) is 8.68. The average molecular weight is 483 g/mol. The number of rotatable bonds is 11. The van der Waals surface area contributed by atoms with Crippen molar-refractivity contribution < 1.29 is 19.1 Å². The van der Waals surface area contributed by atoms with E-state index in [4.69, 9.17) is 15.2 Å². The fourth-order valence-electron chi connectivity index (χ4n) is 3.47. The van der Waals surface area contributed by atoms with Crippen molar-refractivity contribution in [3.63, 3.8) is 0 Å². The van der Waals surface area contributed by atoms with Crippen LogP contribution in [0.5, 0.6) is 0 Å². The Bertz CT molecular complexity index is 1120. The van der Waals surface area contributed by atoms with E-state index in [1.165, 1.54) is 0 Å². The summed E-state index contributed by atoms with van der Waals surface area (Å²) in [5, 5.41) is 11.5. The second-order valence-electron chi connectivity index (χ2n) is 8.74. The first-order chi connectivity index (χ1) is 16.7. The molecule has 0 fully saturated rings. The highest BCUT2D eigenvalue weighted by molar-refractivity contribution is 5.85. The van der Waals surface area contributed by atoms with Gasteiger partial charge in [0.1, 0.15) is 12.6 Å². The zero-order valence-corrected chi connectivity index (χ0v) is 20.7. The average Bonchev–Trinajstić information content (AvgIpc) is 3.27. The summed E-state index contributed by atoms with van der Waals surface area (Å²) in [6, 6.07) is 14.5. The van der Waals surface area contributed by atoms with E-state index in [-0.39, 0.29) is 19.1 Å². The maximum Gasteiger partial charge on any atom is 0.410 e. The molecule has 2 aromatic heterocycles. The van der Waals surface area contributed by atoms with E-state index in [9.17, 15) is 9.59 Å². The van der Waals surface area contributed by atoms with Gasteiger partial charge in [0.05, 0.1) is 24.4 Å². The van der Waals surface area contributed by atoms with Crippen LogP contribution in [-0.4, -0.2) is 56.7 Å². The molecule has 0 aliphatic carbocycles. The Kier molecular flexibility index (Phi) is 8.78. The number of carbonyl (C=O) groups excluding carboxylic acids is 2. The molecule has 0 unspecified atom stereocenters. The van der Waals surface area contributed by atoms with Gasteiger partial charge < -0.3 is 25.4 Å². The van der Waals surface area contributed by atoms with Crippen LogP contribution < -0.4 is 11.1 Å². The third-order valence-corrected chi connectivity index (χ3v) is 5.50. The Morgan fingerprint density at radius 2 is 1.77 bits per heavy atom. The lowest BCUT2D eigenvalue weighted by Crippen LogP contribution is -2.51. The molecule has 0 aliphatic rings. The monoisotopic (exact) mass is 482 g/mol. The maximum atomic E-state index is 12.8. The van der Waals surface area contributed by atoms with Gasteiger partial charge in [-0.25, -0.2) is 4.79 Å². The summed E-state index contributed by atoms with van der Waals surface area (Å²) in [6.07, 6.45) is -0.400. The van der Waals surface area contributed by atoms with Crippen molar-refractivity contribution in [2.75, 3.05) is 19.7 Å². The first kappa shape index (κ1) is 26.1. The Hall–Kier alpha value is -3.50. The number of aromatic nitrogens is 3. The molecule has 2 amide bonds. The van der Waals surface area contributed by atoms with Gasteiger partial charge in [0.2, 0.25) is 5.91 Å². The normalized spacial score (nSPS) is 12.4. The largest absolute Gasteiger partial charge is 0.443 e. The van der Waals surface area contributed by atoms with Gasteiger partial charge in [0, 0.05) is 13.1 Å². The predicted octanol–water partition coefficient (Wildman–Crippen LogP) is 2.82. The highest BCUT2D eigenvalue weighted by Gasteiger charge is 2.28. The van der Waals surface area contributed by atoms with Crippen LogP contribution in [0.3, 0.4) is 0 Å². The van der Waals surface area contributed by atoms with E-state index in [1.807, 2.05) is 56.3 Å². The van der Waals surface area contributed by atoms with Crippen LogP contribution in [-0.2, 0) is 27.5 Å². The molecule has 10 nitrogen and oxygen atoms in total. The van der Waals surface area contributed by atoms with Crippen LogP contribution >= 0.6 is 0 Å².